The summed E-state index contributed by atoms with van der Waals surface area (Å²) in [4.78, 5) is 20.1. The van der Waals surface area contributed by atoms with Crippen LogP contribution in [0.1, 0.15) is 29.4 Å². The van der Waals surface area contributed by atoms with E-state index in [2.05, 4.69) is 17.2 Å². The highest BCUT2D eigenvalue weighted by Crippen LogP contribution is 2.28. The number of hydrogen-bond donors (Lipinski definition) is 1. The molecule has 24 heavy (non-hydrogen) atoms. The molecule has 0 aliphatic carbocycles. The molecule has 6 heteroatoms. The number of carbonyl (C=O) groups is 1. The Hall–Kier alpha value is -1.92. The van der Waals surface area contributed by atoms with Crippen molar-refractivity contribution in [1.29, 1.82) is 0 Å². The first-order chi connectivity index (χ1) is 11.7. The minimum absolute atomic E-state index is 0.0998. The van der Waals surface area contributed by atoms with Gasteiger partial charge in [-0.1, -0.05) is 6.92 Å². The van der Waals surface area contributed by atoms with Crippen LogP contribution in [0.3, 0.4) is 0 Å². The van der Waals surface area contributed by atoms with Crippen molar-refractivity contribution in [1.82, 2.24) is 15.2 Å². The zero-order valence-electron chi connectivity index (χ0n) is 14.1. The molecule has 2 aromatic rings. The van der Waals surface area contributed by atoms with Gasteiger partial charge in [0, 0.05) is 24.7 Å². The lowest BCUT2D eigenvalue weighted by Crippen LogP contribution is -2.41. The van der Waals surface area contributed by atoms with Gasteiger partial charge in [0.2, 0.25) is 0 Å². The van der Waals surface area contributed by atoms with Crippen molar-refractivity contribution in [2.45, 2.75) is 25.8 Å². The molecule has 0 bridgehead atoms. The molecular weight excluding hydrogens is 322 g/mol. The van der Waals surface area contributed by atoms with Crippen molar-refractivity contribution in [2.24, 2.45) is 0 Å². The maximum absolute atomic E-state index is 12.9. The predicted octanol–water partition coefficient (Wildman–Crippen LogP) is 3.03. The lowest BCUT2D eigenvalue weighted by atomic mass is 10.2. The largest absolute Gasteiger partial charge is 0.497 e. The fourth-order valence-corrected chi connectivity index (χ4v) is 3.86. The second kappa shape index (κ2) is 7.77. The maximum Gasteiger partial charge on any atom is 0.265 e. The van der Waals surface area contributed by atoms with Gasteiger partial charge in [0.05, 0.1) is 13.3 Å². The van der Waals surface area contributed by atoms with Crippen LogP contribution in [0.15, 0.2) is 30.5 Å². The molecule has 1 atom stereocenters. The molecule has 1 unspecified atom stereocenters. The average molecular weight is 345 g/mol. The molecule has 0 radical (unpaired) electrons. The maximum atomic E-state index is 12.9. The lowest BCUT2D eigenvalue weighted by Gasteiger charge is -2.27. The number of rotatable bonds is 6. The molecule has 1 aromatic heterocycles. The minimum atomic E-state index is 0.0998. The number of amides is 1. The summed E-state index contributed by atoms with van der Waals surface area (Å²) < 4.78 is 5.18. The first-order valence-corrected chi connectivity index (χ1v) is 9.16. The molecule has 1 N–H and O–H groups in total. The number of thiazole rings is 1. The van der Waals surface area contributed by atoms with Crippen LogP contribution in [0.5, 0.6) is 5.75 Å². The summed E-state index contributed by atoms with van der Waals surface area (Å²) >= 11 is 1.46. The van der Waals surface area contributed by atoms with Crippen LogP contribution in [0.25, 0.3) is 10.6 Å². The van der Waals surface area contributed by atoms with Gasteiger partial charge in [-0.3, -0.25) is 4.79 Å². The van der Waals surface area contributed by atoms with Crippen molar-refractivity contribution in [3.05, 3.63) is 35.3 Å². The average Bonchev–Trinajstić information content (AvgIpc) is 3.31. The number of hydrogen-bond acceptors (Lipinski definition) is 5. The van der Waals surface area contributed by atoms with E-state index in [-0.39, 0.29) is 5.91 Å². The molecule has 5 nitrogen and oxygen atoms in total. The number of nitrogens with one attached hydrogen (secondary N) is 1. The van der Waals surface area contributed by atoms with Crippen LogP contribution < -0.4 is 10.1 Å². The van der Waals surface area contributed by atoms with Gasteiger partial charge in [-0.15, -0.1) is 11.3 Å². The Labute approximate surface area is 146 Å². The molecule has 0 saturated carbocycles. The number of nitrogens with zero attached hydrogens (tertiary/aromatic N) is 2. The van der Waals surface area contributed by atoms with Crippen LogP contribution in [0.4, 0.5) is 0 Å². The van der Waals surface area contributed by atoms with Crippen LogP contribution in [-0.2, 0) is 0 Å². The van der Waals surface area contributed by atoms with E-state index in [0.717, 1.165) is 48.8 Å². The minimum Gasteiger partial charge on any atom is -0.497 e. The summed E-state index contributed by atoms with van der Waals surface area (Å²) in [6, 6.07) is 8.05. The summed E-state index contributed by atoms with van der Waals surface area (Å²) in [5.41, 5.74) is 1.00. The monoisotopic (exact) mass is 345 g/mol. The number of aromatic nitrogens is 1. The summed E-state index contributed by atoms with van der Waals surface area (Å²) in [6.45, 7) is 4.77. The quantitative estimate of drug-likeness (QED) is 0.874. The summed E-state index contributed by atoms with van der Waals surface area (Å²) in [5.74, 6) is 0.914. The van der Waals surface area contributed by atoms with E-state index in [4.69, 9.17) is 4.74 Å². The van der Waals surface area contributed by atoms with E-state index < -0.39 is 0 Å². The molecule has 1 amide bonds. The van der Waals surface area contributed by atoms with E-state index in [9.17, 15) is 4.79 Å². The molecule has 1 aliphatic heterocycles. The Kier molecular flexibility index (Phi) is 5.48. The van der Waals surface area contributed by atoms with Crippen molar-refractivity contribution < 1.29 is 9.53 Å². The second-order valence-electron chi connectivity index (χ2n) is 5.90. The smallest absolute Gasteiger partial charge is 0.265 e. The first kappa shape index (κ1) is 16.9. The third kappa shape index (κ3) is 3.60. The second-order valence-corrected chi connectivity index (χ2v) is 6.93. The molecule has 1 aromatic carbocycles. The van der Waals surface area contributed by atoms with Crippen LogP contribution in [-0.4, -0.2) is 48.6 Å². The van der Waals surface area contributed by atoms with Crippen LogP contribution in [0.2, 0.25) is 0 Å². The molecular formula is C18H23N3O2S. The standard InChI is InChI=1S/C18H23N3O2S/c1-3-10-21(14-8-9-19-11-14)18(22)16-12-20-17(24-16)13-4-6-15(23-2)7-5-13/h4-7,12,14,19H,3,8-11H2,1-2H3. The van der Waals surface area contributed by atoms with Crippen molar-refractivity contribution in [2.75, 3.05) is 26.7 Å². The third-order valence-corrected chi connectivity index (χ3v) is 5.29. The van der Waals surface area contributed by atoms with Gasteiger partial charge in [0.15, 0.2) is 0 Å². The molecule has 3 rings (SSSR count). The highest BCUT2D eigenvalue weighted by atomic mass is 32.1. The molecule has 0 spiro atoms. The molecule has 1 fully saturated rings. The Bertz CT molecular complexity index is 678. The molecule has 1 aliphatic rings. The van der Waals surface area contributed by atoms with Gasteiger partial charge in [0.25, 0.3) is 5.91 Å². The zero-order valence-corrected chi connectivity index (χ0v) is 14.9. The fraction of sp³-hybridized carbons (Fsp3) is 0.444. The van der Waals surface area contributed by atoms with E-state index in [1.807, 2.05) is 29.2 Å². The van der Waals surface area contributed by atoms with E-state index in [1.165, 1.54) is 11.3 Å². The first-order valence-electron chi connectivity index (χ1n) is 8.35. The Morgan fingerprint density at radius 3 is 2.83 bits per heavy atom. The summed E-state index contributed by atoms with van der Waals surface area (Å²) in [5, 5.41) is 4.20. The van der Waals surface area contributed by atoms with Crippen molar-refractivity contribution in [3.8, 4) is 16.3 Å². The lowest BCUT2D eigenvalue weighted by molar-refractivity contribution is 0.0697. The Balaban J connectivity index is 1.78. The molecule has 2 heterocycles. The van der Waals surface area contributed by atoms with E-state index in [1.54, 1.807) is 13.3 Å². The number of methoxy groups -OCH3 is 1. The van der Waals surface area contributed by atoms with Crippen molar-refractivity contribution in [3.63, 3.8) is 0 Å². The Morgan fingerprint density at radius 1 is 1.42 bits per heavy atom. The fourth-order valence-electron chi connectivity index (χ4n) is 2.98. The highest BCUT2D eigenvalue weighted by Gasteiger charge is 2.27. The Morgan fingerprint density at radius 2 is 2.21 bits per heavy atom. The van der Waals surface area contributed by atoms with Gasteiger partial charge in [-0.05, 0) is 43.7 Å². The van der Waals surface area contributed by atoms with E-state index in [0.29, 0.717) is 10.9 Å². The van der Waals surface area contributed by atoms with Crippen LogP contribution in [0, 0.1) is 0 Å². The van der Waals surface area contributed by atoms with Gasteiger partial charge < -0.3 is 15.0 Å². The predicted molar refractivity (Wildman–Crippen MR) is 96.7 cm³/mol. The highest BCUT2D eigenvalue weighted by molar-refractivity contribution is 7.16. The van der Waals surface area contributed by atoms with Gasteiger partial charge in [-0.25, -0.2) is 4.98 Å². The summed E-state index contributed by atoms with van der Waals surface area (Å²) in [6.07, 6.45) is 3.69. The SMILES string of the molecule is CCCN(C(=O)c1cnc(-c2ccc(OC)cc2)s1)C1CCNC1. The number of benzene rings is 1. The zero-order chi connectivity index (χ0) is 16.9. The van der Waals surface area contributed by atoms with E-state index >= 15 is 0 Å². The molecule has 128 valence electrons. The van der Waals surface area contributed by atoms with Gasteiger partial charge >= 0.3 is 0 Å². The van der Waals surface area contributed by atoms with Crippen LogP contribution >= 0.6 is 11.3 Å². The number of ether oxygens (including phenoxy) is 1. The summed E-state index contributed by atoms with van der Waals surface area (Å²) in [7, 11) is 1.65. The topological polar surface area (TPSA) is 54.5 Å². The normalized spacial score (nSPS) is 17.0. The third-order valence-electron chi connectivity index (χ3n) is 4.25. The van der Waals surface area contributed by atoms with Gasteiger partial charge in [0.1, 0.15) is 15.6 Å². The number of carbonyl (C=O) groups excluding carboxylic acids is 1. The van der Waals surface area contributed by atoms with Crippen molar-refractivity contribution >= 4 is 17.2 Å². The van der Waals surface area contributed by atoms with Gasteiger partial charge in [-0.2, -0.15) is 0 Å². The molecule has 1 saturated heterocycles.